The average Bonchev–Trinajstić information content (AvgIpc) is 3.82. The summed E-state index contributed by atoms with van der Waals surface area (Å²) in [6, 6.07) is 60.5. The molecular weight excluding hydrogens is 663 g/mol. The first kappa shape index (κ1) is 30.3. The van der Waals surface area contributed by atoms with Crippen molar-refractivity contribution >= 4 is 54.6 Å². The molecule has 5 nitrogen and oxygen atoms in total. The Labute approximate surface area is 309 Å². The first-order chi connectivity index (χ1) is 26.7. The van der Waals surface area contributed by atoms with Crippen molar-refractivity contribution in [2.75, 3.05) is 0 Å². The molecule has 11 rings (SSSR count). The molecule has 11 aromatic rings. The molecule has 0 aliphatic carbocycles. The van der Waals surface area contributed by atoms with Gasteiger partial charge in [-0.15, -0.1) is 0 Å². The summed E-state index contributed by atoms with van der Waals surface area (Å²) in [5.41, 5.74) is 10.5. The van der Waals surface area contributed by atoms with Gasteiger partial charge in [-0.25, -0.2) is 15.0 Å². The van der Waals surface area contributed by atoms with E-state index in [0.29, 0.717) is 17.5 Å². The molecule has 0 saturated heterocycles. The minimum Gasteiger partial charge on any atom is -0.456 e. The van der Waals surface area contributed by atoms with Crippen LogP contribution in [0.3, 0.4) is 0 Å². The lowest BCUT2D eigenvalue weighted by Crippen LogP contribution is -2.01. The van der Waals surface area contributed by atoms with Crippen molar-refractivity contribution in [3.63, 3.8) is 0 Å². The van der Waals surface area contributed by atoms with Crippen LogP contribution in [0.25, 0.3) is 111 Å². The standard InChI is InChI=1S/C49H29N3O2/c1-2-12-30(13-3-1)35-19-9-15-33-28-32(26-27-36(33)35)31-14-8-16-34(29-31)47-50-48(39-20-10-24-43-45(39)37-17-4-6-22-41(37)53-43)52-49(51-47)40-21-11-25-44-46(40)38-18-5-7-23-42(38)54-44/h1-29H. The van der Waals surface area contributed by atoms with Gasteiger partial charge in [0.15, 0.2) is 17.5 Å². The number of furan rings is 2. The highest BCUT2D eigenvalue weighted by atomic mass is 16.3. The van der Waals surface area contributed by atoms with Crippen molar-refractivity contribution in [1.82, 2.24) is 15.0 Å². The van der Waals surface area contributed by atoms with E-state index in [1.807, 2.05) is 60.7 Å². The number of benzene rings is 8. The molecule has 0 saturated carbocycles. The lowest BCUT2D eigenvalue weighted by molar-refractivity contribution is 0.668. The molecule has 252 valence electrons. The summed E-state index contributed by atoms with van der Waals surface area (Å²) < 4.78 is 12.6. The third-order valence-electron chi connectivity index (χ3n) is 10.3. The van der Waals surface area contributed by atoms with Crippen LogP contribution in [0.1, 0.15) is 0 Å². The van der Waals surface area contributed by atoms with Crippen LogP contribution in [0, 0.1) is 0 Å². The van der Waals surface area contributed by atoms with Gasteiger partial charge in [-0.3, -0.25) is 0 Å². The molecule has 3 aromatic heterocycles. The lowest BCUT2D eigenvalue weighted by Gasteiger charge is -2.12. The molecule has 0 aliphatic rings. The Morgan fingerprint density at radius 1 is 0.296 bits per heavy atom. The molecular formula is C49H29N3O2. The van der Waals surface area contributed by atoms with E-state index in [9.17, 15) is 0 Å². The van der Waals surface area contributed by atoms with Gasteiger partial charge in [-0.1, -0.05) is 140 Å². The Kier molecular flexibility index (Phi) is 6.79. The largest absolute Gasteiger partial charge is 0.456 e. The van der Waals surface area contributed by atoms with Crippen LogP contribution in [-0.2, 0) is 0 Å². The molecule has 0 unspecified atom stereocenters. The average molecular weight is 692 g/mol. The molecule has 3 heterocycles. The summed E-state index contributed by atoms with van der Waals surface area (Å²) in [6.07, 6.45) is 0. The van der Waals surface area contributed by atoms with Crippen molar-refractivity contribution in [2.24, 2.45) is 0 Å². The van der Waals surface area contributed by atoms with Crippen LogP contribution in [0.2, 0.25) is 0 Å². The fraction of sp³-hybridized carbons (Fsp3) is 0. The summed E-state index contributed by atoms with van der Waals surface area (Å²) in [7, 11) is 0. The maximum Gasteiger partial charge on any atom is 0.164 e. The molecule has 0 aliphatic heterocycles. The summed E-state index contributed by atoms with van der Waals surface area (Å²) in [4.78, 5) is 15.6. The van der Waals surface area contributed by atoms with E-state index in [1.54, 1.807) is 0 Å². The van der Waals surface area contributed by atoms with Gasteiger partial charge in [-0.2, -0.15) is 0 Å². The second-order valence-electron chi connectivity index (χ2n) is 13.5. The van der Waals surface area contributed by atoms with Gasteiger partial charge in [0.25, 0.3) is 0 Å². The van der Waals surface area contributed by atoms with E-state index in [0.717, 1.165) is 71.7 Å². The molecule has 0 N–H and O–H groups in total. The smallest absolute Gasteiger partial charge is 0.164 e. The van der Waals surface area contributed by atoms with Crippen LogP contribution >= 0.6 is 0 Å². The van der Waals surface area contributed by atoms with Crippen LogP contribution < -0.4 is 0 Å². The first-order valence-electron chi connectivity index (χ1n) is 18.0. The molecule has 54 heavy (non-hydrogen) atoms. The zero-order chi connectivity index (χ0) is 35.6. The van der Waals surface area contributed by atoms with E-state index in [-0.39, 0.29) is 0 Å². The Hall–Kier alpha value is -7.37. The Balaban J connectivity index is 1.11. The monoisotopic (exact) mass is 691 g/mol. The van der Waals surface area contributed by atoms with E-state index >= 15 is 0 Å². The van der Waals surface area contributed by atoms with Gasteiger partial charge in [0, 0.05) is 38.2 Å². The Morgan fingerprint density at radius 3 is 1.48 bits per heavy atom. The summed E-state index contributed by atoms with van der Waals surface area (Å²) in [5, 5.41) is 6.39. The number of hydrogen-bond donors (Lipinski definition) is 0. The third kappa shape index (κ3) is 4.90. The summed E-state index contributed by atoms with van der Waals surface area (Å²) in [5.74, 6) is 1.72. The predicted molar refractivity (Wildman–Crippen MR) is 219 cm³/mol. The Bertz CT molecular complexity index is 3100. The van der Waals surface area contributed by atoms with Crippen molar-refractivity contribution in [2.45, 2.75) is 0 Å². The maximum atomic E-state index is 6.28. The van der Waals surface area contributed by atoms with Gasteiger partial charge in [0.05, 0.1) is 0 Å². The van der Waals surface area contributed by atoms with E-state index in [4.69, 9.17) is 23.8 Å². The zero-order valence-corrected chi connectivity index (χ0v) is 28.9. The molecule has 0 spiro atoms. The topological polar surface area (TPSA) is 65.0 Å². The number of rotatable bonds is 5. The number of nitrogens with zero attached hydrogens (tertiary/aromatic N) is 3. The quantitative estimate of drug-likeness (QED) is 0.180. The van der Waals surface area contributed by atoms with Crippen LogP contribution in [-0.4, -0.2) is 15.0 Å². The highest BCUT2D eigenvalue weighted by Crippen LogP contribution is 2.40. The summed E-state index contributed by atoms with van der Waals surface area (Å²) in [6.45, 7) is 0. The van der Waals surface area contributed by atoms with E-state index in [2.05, 4.69) is 115 Å². The number of fused-ring (bicyclic) bond motifs is 7. The third-order valence-corrected chi connectivity index (χ3v) is 10.3. The minimum atomic E-state index is 0.571. The maximum absolute atomic E-state index is 6.28. The fourth-order valence-corrected chi connectivity index (χ4v) is 7.84. The number of aromatic nitrogens is 3. The van der Waals surface area contributed by atoms with Gasteiger partial charge in [0.2, 0.25) is 0 Å². The van der Waals surface area contributed by atoms with E-state index in [1.165, 1.54) is 21.9 Å². The first-order valence-corrected chi connectivity index (χ1v) is 18.0. The number of hydrogen-bond acceptors (Lipinski definition) is 5. The highest BCUT2D eigenvalue weighted by molar-refractivity contribution is 6.13. The van der Waals surface area contributed by atoms with Crippen LogP contribution in [0.4, 0.5) is 0 Å². The highest BCUT2D eigenvalue weighted by Gasteiger charge is 2.20. The number of para-hydroxylation sites is 2. The van der Waals surface area contributed by atoms with Gasteiger partial charge >= 0.3 is 0 Å². The summed E-state index contributed by atoms with van der Waals surface area (Å²) >= 11 is 0. The van der Waals surface area contributed by atoms with Crippen molar-refractivity contribution < 1.29 is 8.83 Å². The zero-order valence-electron chi connectivity index (χ0n) is 28.9. The van der Waals surface area contributed by atoms with Crippen molar-refractivity contribution in [1.29, 1.82) is 0 Å². The predicted octanol–water partition coefficient (Wildman–Crippen LogP) is 13.2. The molecule has 0 atom stereocenters. The van der Waals surface area contributed by atoms with Gasteiger partial charge in [0.1, 0.15) is 22.3 Å². The molecule has 0 fully saturated rings. The van der Waals surface area contributed by atoms with Crippen molar-refractivity contribution in [3.05, 3.63) is 176 Å². The second-order valence-corrected chi connectivity index (χ2v) is 13.5. The normalized spacial score (nSPS) is 11.7. The van der Waals surface area contributed by atoms with Gasteiger partial charge in [-0.05, 0) is 69.4 Å². The molecule has 0 bridgehead atoms. The molecule has 0 amide bonds. The molecule has 0 radical (unpaired) electrons. The molecule has 8 aromatic carbocycles. The fourth-order valence-electron chi connectivity index (χ4n) is 7.84. The SMILES string of the molecule is c1ccc(-c2cccc3cc(-c4cccc(-c5nc(-c6cccc7oc8ccccc8c67)nc(-c6cccc7oc8ccccc8c67)n5)c4)ccc23)cc1. The lowest BCUT2D eigenvalue weighted by atomic mass is 9.95. The van der Waals surface area contributed by atoms with Gasteiger partial charge < -0.3 is 8.83 Å². The molecule has 5 heteroatoms. The minimum absolute atomic E-state index is 0.571. The van der Waals surface area contributed by atoms with E-state index < -0.39 is 0 Å². The van der Waals surface area contributed by atoms with Crippen LogP contribution in [0.15, 0.2) is 185 Å². The second kappa shape index (κ2) is 12.1. The van der Waals surface area contributed by atoms with Crippen molar-refractivity contribution in [3.8, 4) is 56.4 Å². The Morgan fingerprint density at radius 2 is 0.796 bits per heavy atom. The van der Waals surface area contributed by atoms with Crippen LogP contribution in [0.5, 0.6) is 0 Å².